The third-order valence-electron chi connectivity index (χ3n) is 5.04. The highest BCUT2D eigenvalue weighted by molar-refractivity contribution is 5.94. The normalized spacial score (nSPS) is 22.7. The van der Waals surface area contributed by atoms with Crippen LogP contribution in [0.15, 0.2) is 41.2 Å². The predicted molar refractivity (Wildman–Crippen MR) is 94.7 cm³/mol. The third kappa shape index (κ3) is 3.12. The number of rotatable bonds is 2. The second kappa shape index (κ2) is 6.48. The van der Waals surface area contributed by atoms with Gasteiger partial charge >= 0.3 is 0 Å². The number of aromatic nitrogens is 1. The van der Waals surface area contributed by atoms with Crippen LogP contribution in [0.25, 0.3) is 0 Å². The highest BCUT2D eigenvalue weighted by atomic mass is 16.5. The summed E-state index contributed by atoms with van der Waals surface area (Å²) in [6.45, 7) is 2.92. The molecule has 1 aliphatic heterocycles. The topological polar surface area (TPSA) is 62.4 Å². The number of nitrogens with one attached hydrogen (secondary N) is 1. The highest BCUT2D eigenvalue weighted by Gasteiger charge is 2.31. The van der Waals surface area contributed by atoms with Crippen molar-refractivity contribution in [2.45, 2.75) is 38.4 Å². The summed E-state index contributed by atoms with van der Waals surface area (Å²) in [6, 6.07) is 11.7. The van der Waals surface area contributed by atoms with Crippen LogP contribution in [0.5, 0.6) is 0 Å². The average Bonchev–Trinajstić information content (AvgIpc) is 3.08. The number of fused-ring (bicyclic) bond motifs is 1. The predicted octanol–water partition coefficient (Wildman–Crippen LogP) is 2.47. The molecule has 0 unspecified atom stereocenters. The molecule has 4 rings (SSSR count). The lowest BCUT2D eigenvalue weighted by atomic mass is 10.1. The van der Waals surface area contributed by atoms with Gasteiger partial charge in [0.1, 0.15) is 11.7 Å². The number of H-pyrrole nitrogens is 1. The Morgan fingerprint density at radius 2 is 2.00 bits per heavy atom. The molecule has 1 N–H and O–H groups in total. The number of nitrogens with zero attached hydrogens (tertiary/aromatic N) is 1. The van der Waals surface area contributed by atoms with Crippen LogP contribution in [-0.2, 0) is 17.6 Å². The number of hydrogen-bond acceptors (Lipinski definition) is 3. The van der Waals surface area contributed by atoms with Crippen LogP contribution in [0.4, 0.5) is 0 Å². The van der Waals surface area contributed by atoms with E-state index in [0.29, 0.717) is 13.1 Å². The first-order valence-electron chi connectivity index (χ1n) is 8.86. The molecule has 1 saturated heterocycles. The summed E-state index contributed by atoms with van der Waals surface area (Å²) >= 11 is 0. The van der Waals surface area contributed by atoms with Crippen LogP contribution in [0, 0.1) is 0 Å². The first kappa shape index (κ1) is 16.1. The quantitative estimate of drug-likeness (QED) is 0.915. The molecule has 1 fully saturated rings. The van der Waals surface area contributed by atoms with E-state index >= 15 is 0 Å². The van der Waals surface area contributed by atoms with E-state index in [1.807, 2.05) is 37.3 Å². The summed E-state index contributed by atoms with van der Waals surface area (Å²) in [5.74, 6) is -0.202. The van der Waals surface area contributed by atoms with E-state index in [1.165, 1.54) is 0 Å². The number of carbonyl (C=O) groups excluding carboxylic acids is 1. The van der Waals surface area contributed by atoms with Gasteiger partial charge in [-0.1, -0.05) is 30.3 Å². The van der Waals surface area contributed by atoms with Crippen molar-refractivity contribution in [3.05, 3.63) is 69.1 Å². The van der Waals surface area contributed by atoms with Crippen LogP contribution in [0.1, 0.15) is 46.6 Å². The summed E-state index contributed by atoms with van der Waals surface area (Å²) in [5.41, 5.74) is 3.11. The number of aromatic amines is 1. The van der Waals surface area contributed by atoms with Crippen molar-refractivity contribution in [2.24, 2.45) is 0 Å². The minimum atomic E-state index is -0.277. The summed E-state index contributed by atoms with van der Waals surface area (Å²) in [6.07, 6.45) is 2.62. The molecule has 0 spiro atoms. The van der Waals surface area contributed by atoms with Gasteiger partial charge < -0.3 is 14.6 Å². The Balaban J connectivity index is 1.60. The Morgan fingerprint density at radius 1 is 1.20 bits per heavy atom. The fourth-order valence-corrected chi connectivity index (χ4v) is 3.81. The van der Waals surface area contributed by atoms with Crippen LogP contribution >= 0.6 is 0 Å². The van der Waals surface area contributed by atoms with E-state index < -0.39 is 0 Å². The van der Waals surface area contributed by atoms with Gasteiger partial charge in [-0.2, -0.15) is 0 Å². The Morgan fingerprint density at radius 3 is 2.80 bits per heavy atom. The number of benzene rings is 1. The molecule has 5 heteroatoms. The number of carbonyl (C=O) groups is 1. The molecule has 1 aliphatic carbocycles. The van der Waals surface area contributed by atoms with E-state index in [2.05, 4.69) is 4.98 Å². The van der Waals surface area contributed by atoms with Gasteiger partial charge in [0.15, 0.2) is 0 Å². The molecule has 2 aliphatic rings. The average molecular weight is 338 g/mol. The molecular weight excluding hydrogens is 316 g/mol. The summed E-state index contributed by atoms with van der Waals surface area (Å²) in [5, 5.41) is 0. The molecular formula is C20H22N2O3. The van der Waals surface area contributed by atoms with E-state index in [-0.39, 0.29) is 29.2 Å². The number of hydrogen-bond donors (Lipinski definition) is 1. The summed E-state index contributed by atoms with van der Waals surface area (Å²) in [7, 11) is 0. The van der Waals surface area contributed by atoms with Crippen molar-refractivity contribution >= 4 is 5.91 Å². The van der Waals surface area contributed by atoms with Crippen LogP contribution in [-0.4, -0.2) is 35.0 Å². The maximum absolute atomic E-state index is 13.0. The van der Waals surface area contributed by atoms with E-state index in [4.69, 9.17) is 4.74 Å². The molecule has 0 radical (unpaired) electrons. The fourth-order valence-electron chi connectivity index (χ4n) is 3.81. The van der Waals surface area contributed by atoms with Crippen molar-refractivity contribution in [2.75, 3.05) is 13.1 Å². The lowest BCUT2D eigenvalue weighted by Crippen LogP contribution is -2.47. The van der Waals surface area contributed by atoms with Gasteiger partial charge in [0.25, 0.3) is 11.5 Å². The van der Waals surface area contributed by atoms with E-state index in [9.17, 15) is 9.59 Å². The number of aryl methyl sites for hydroxylation is 2. The second-order valence-electron chi connectivity index (χ2n) is 6.93. The Bertz CT molecular complexity index is 844. The molecule has 1 aromatic carbocycles. The number of amides is 1. The molecule has 25 heavy (non-hydrogen) atoms. The first-order valence-corrected chi connectivity index (χ1v) is 8.86. The van der Waals surface area contributed by atoms with Gasteiger partial charge in [-0.25, -0.2) is 0 Å². The molecule has 5 nitrogen and oxygen atoms in total. The van der Waals surface area contributed by atoms with Gasteiger partial charge in [0.05, 0.1) is 12.6 Å². The standard InChI is InChI=1S/C20H22N2O3/c1-13-11-22(12-18(25-13)14-6-3-2-4-7-14)20(24)16-10-15-8-5-9-17(15)21-19(16)23/h2-4,6-7,10,13,18H,5,8-9,11-12H2,1H3,(H,21,23)/t13-,18-/m0/s1. The van der Waals surface area contributed by atoms with E-state index in [0.717, 1.165) is 36.1 Å². The molecule has 130 valence electrons. The highest BCUT2D eigenvalue weighted by Crippen LogP contribution is 2.26. The van der Waals surface area contributed by atoms with Crippen molar-refractivity contribution in [1.82, 2.24) is 9.88 Å². The van der Waals surface area contributed by atoms with Gasteiger partial charge in [-0.15, -0.1) is 0 Å². The maximum Gasteiger partial charge on any atom is 0.261 e. The molecule has 0 bridgehead atoms. The number of morpholine rings is 1. The van der Waals surface area contributed by atoms with Crippen LogP contribution in [0.3, 0.4) is 0 Å². The van der Waals surface area contributed by atoms with Crippen molar-refractivity contribution in [3.63, 3.8) is 0 Å². The monoisotopic (exact) mass is 338 g/mol. The first-order chi connectivity index (χ1) is 12.1. The molecule has 2 heterocycles. The summed E-state index contributed by atoms with van der Waals surface area (Å²) in [4.78, 5) is 30.0. The fraction of sp³-hybridized carbons (Fsp3) is 0.400. The minimum Gasteiger partial charge on any atom is -0.367 e. The summed E-state index contributed by atoms with van der Waals surface area (Å²) < 4.78 is 6.01. The SMILES string of the molecule is C[C@H]1CN(C(=O)c2cc3c([nH]c2=O)CCC3)C[C@@H](c2ccccc2)O1. The molecule has 1 aromatic heterocycles. The van der Waals surface area contributed by atoms with Gasteiger partial charge in [-0.05, 0) is 43.4 Å². The van der Waals surface area contributed by atoms with Gasteiger partial charge in [0, 0.05) is 12.2 Å². The molecule has 1 amide bonds. The Labute approximate surface area is 146 Å². The van der Waals surface area contributed by atoms with E-state index in [1.54, 1.807) is 11.0 Å². The largest absolute Gasteiger partial charge is 0.367 e. The van der Waals surface area contributed by atoms with Gasteiger partial charge in [0.2, 0.25) is 0 Å². The molecule has 2 aromatic rings. The van der Waals surface area contributed by atoms with Crippen LogP contribution < -0.4 is 5.56 Å². The lowest BCUT2D eigenvalue weighted by Gasteiger charge is -2.37. The van der Waals surface area contributed by atoms with Crippen molar-refractivity contribution in [1.29, 1.82) is 0 Å². The number of pyridine rings is 1. The Kier molecular flexibility index (Phi) is 4.17. The third-order valence-corrected chi connectivity index (χ3v) is 5.04. The Hall–Kier alpha value is -2.40. The maximum atomic E-state index is 13.0. The lowest BCUT2D eigenvalue weighted by molar-refractivity contribution is -0.0692. The van der Waals surface area contributed by atoms with Crippen LogP contribution in [0.2, 0.25) is 0 Å². The smallest absolute Gasteiger partial charge is 0.261 e. The second-order valence-corrected chi connectivity index (χ2v) is 6.93. The van der Waals surface area contributed by atoms with Crippen molar-refractivity contribution < 1.29 is 9.53 Å². The minimum absolute atomic E-state index is 0.0728. The molecule has 2 atom stereocenters. The zero-order chi connectivity index (χ0) is 17.4. The molecule has 0 saturated carbocycles. The number of ether oxygens (including phenoxy) is 1. The van der Waals surface area contributed by atoms with Gasteiger partial charge in [-0.3, -0.25) is 9.59 Å². The zero-order valence-corrected chi connectivity index (χ0v) is 14.3. The van der Waals surface area contributed by atoms with Crippen molar-refractivity contribution in [3.8, 4) is 0 Å². The zero-order valence-electron chi connectivity index (χ0n) is 14.3.